The standard InChI is InChI=1S/C13H20N2O5S/c1-20-10-9-14-21(18,19)15-12(7-8-13(16)17)11-5-3-2-4-6-11/h2-6,12,14-15H,7-10H2,1H3,(H,16,17). The van der Waals surface area contributed by atoms with E-state index in [1.807, 2.05) is 6.07 Å². The van der Waals surface area contributed by atoms with Crippen LogP contribution in [0.5, 0.6) is 0 Å². The molecule has 0 saturated heterocycles. The van der Waals surface area contributed by atoms with E-state index >= 15 is 0 Å². The van der Waals surface area contributed by atoms with Crippen molar-refractivity contribution < 1.29 is 23.1 Å². The Morgan fingerprint density at radius 2 is 2.00 bits per heavy atom. The SMILES string of the molecule is COCCNS(=O)(=O)NC(CCC(=O)O)c1ccccc1. The van der Waals surface area contributed by atoms with Gasteiger partial charge in [0.1, 0.15) is 0 Å². The van der Waals surface area contributed by atoms with Gasteiger partial charge in [0.05, 0.1) is 6.61 Å². The molecule has 1 aromatic rings. The lowest BCUT2D eigenvalue weighted by Crippen LogP contribution is -2.40. The van der Waals surface area contributed by atoms with Crippen molar-refractivity contribution in [1.82, 2.24) is 9.44 Å². The molecule has 0 amide bonds. The second kappa shape index (κ2) is 8.73. The zero-order valence-corrected chi connectivity index (χ0v) is 12.6. The van der Waals surface area contributed by atoms with Crippen molar-refractivity contribution >= 4 is 16.2 Å². The van der Waals surface area contributed by atoms with Gasteiger partial charge >= 0.3 is 5.97 Å². The number of nitrogens with one attached hydrogen (secondary N) is 2. The third-order valence-electron chi connectivity index (χ3n) is 2.74. The highest BCUT2D eigenvalue weighted by molar-refractivity contribution is 7.87. The summed E-state index contributed by atoms with van der Waals surface area (Å²) >= 11 is 0. The molecule has 0 aromatic heterocycles. The van der Waals surface area contributed by atoms with Gasteiger partial charge in [-0.3, -0.25) is 4.79 Å². The summed E-state index contributed by atoms with van der Waals surface area (Å²) < 4.78 is 33.4. The smallest absolute Gasteiger partial charge is 0.303 e. The molecule has 118 valence electrons. The highest BCUT2D eigenvalue weighted by Gasteiger charge is 2.19. The first-order valence-electron chi connectivity index (χ1n) is 6.47. The van der Waals surface area contributed by atoms with Crippen LogP contribution in [0.2, 0.25) is 0 Å². The van der Waals surface area contributed by atoms with Crippen LogP contribution in [0.3, 0.4) is 0 Å². The van der Waals surface area contributed by atoms with Gasteiger partial charge in [0, 0.05) is 26.1 Å². The van der Waals surface area contributed by atoms with Gasteiger partial charge in [-0.1, -0.05) is 30.3 Å². The summed E-state index contributed by atoms with van der Waals surface area (Å²) in [4.78, 5) is 10.7. The molecule has 8 heteroatoms. The largest absolute Gasteiger partial charge is 0.481 e. The first kappa shape index (κ1) is 17.6. The minimum absolute atomic E-state index is 0.125. The lowest BCUT2D eigenvalue weighted by atomic mass is 10.0. The van der Waals surface area contributed by atoms with Crippen molar-refractivity contribution in [2.75, 3.05) is 20.3 Å². The Morgan fingerprint density at radius 1 is 1.33 bits per heavy atom. The summed E-state index contributed by atoms with van der Waals surface area (Å²) in [5.41, 5.74) is 0.718. The van der Waals surface area contributed by atoms with Gasteiger partial charge in [0.25, 0.3) is 10.2 Å². The van der Waals surface area contributed by atoms with Crippen molar-refractivity contribution in [2.24, 2.45) is 0 Å². The van der Waals surface area contributed by atoms with Crippen molar-refractivity contribution in [3.05, 3.63) is 35.9 Å². The van der Waals surface area contributed by atoms with Crippen LogP contribution in [0, 0.1) is 0 Å². The average molecular weight is 316 g/mol. The Labute approximate surface area is 124 Å². The van der Waals surface area contributed by atoms with Crippen LogP contribution in [0.15, 0.2) is 30.3 Å². The number of hydrogen-bond acceptors (Lipinski definition) is 4. The molecule has 0 aliphatic heterocycles. The number of carboxylic acids is 1. The van der Waals surface area contributed by atoms with E-state index in [2.05, 4.69) is 9.44 Å². The molecule has 1 aromatic carbocycles. The topological polar surface area (TPSA) is 105 Å². The van der Waals surface area contributed by atoms with Crippen molar-refractivity contribution in [2.45, 2.75) is 18.9 Å². The molecule has 0 fully saturated rings. The molecular formula is C13H20N2O5S. The third kappa shape index (κ3) is 7.19. The van der Waals surface area contributed by atoms with Crippen LogP contribution in [-0.4, -0.2) is 39.8 Å². The van der Waals surface area contributed by atoms with Gasteiger partial charge in [-0.15, -0.1) is 0 Å². The van der Waals surface area contributed by atoms with Crippen LogP contribution < -0.4 is 9.44 Å². The number of benzene rings is 1. The molecule has 1 rings (SSSR count). The monoisotopic (exact) mass is 316 g/mol. The summed E-state index contributed by atoms with van der Waals surface area (Å²) in [6.07, 6.45) is 0.0463. The van der Waals surface area contributed by atoms with Gasteiger partial charge in [-0.25, -0.2) is 0 Å². The van der Waals surface area contributed by atoms with E-state index < -0.39 is 22.2 Å². The number of hydrogen-bond donors (Lipinski definition) is 3. The molecule has 0 saturated carbocycles. The van der Waals surface area contributed by atoms with Gasteiger partial charge in [0.2, 0.25) is 0 Å². The van der Waals surface area contributed by atoms with Crippen LogP contribution in [0.25, 0.3) is 0 Å². The molecule has 1 atom stereocenters. The zero-order valence-electron chi connectivity index (χ0n) is 11.8. The van der Waals surface area contributed by atoms with E-state index in [9.17, 15) is 13.2 Å². The predicted octanol–water partition coefficient (Wildman–Crippen LogP) is 0.663. The van der Waals surface area contributed by atoms with Crippen LogP contribution >= 0.6 is 0 Å². The van der Waals surface area contributed by atoms with Gasteiger partial charge in [-0.2, -0.15) is 17.9 Å². The third-order valence-corrected chi connectivity index (χ3v) is 3.92. The number of carbonyl (C=O) groups is 1. The Balaban J connectivity index is 2.75. The second-order valence-corrected chi connectivity index (χ2v) is 5.94. The molecule has 3 N–H and O–H groups in total. The lowest BCUT2D eigenvalue weighted by Gasteiger charge is -2.18. The van der Waals surface area contributed by atoms with Gasteiger partial charge < -0.3 is 9.84 Å². The number of carboxylic acid groups (broad SMARTS) is 1. The second-order valence-electron chi connectivity index (χ2n) is 4.40. The summed E-state index contributed by atoms with van der Waals surface area (Å²) in [6, 6.07) is 8.27. The normalized spacial score (nSPS) is 13.0. The Bertz CT molecular complexity index is 533. The molecular weight excluding hydrogens is 296 g/mol. The highest BCUT2D eigenvalue weighted by Crippen LogP contribution is 2.19. The molecule has 21 heavy (non-hydrogen) atoms. The Morgan fingerprint density at radius 3 is 2.57 bits per heavy atom. The van der Waals surface area contributed by atoms with E-state index in [-0.39, 0.29) is 26.0 Å². The maximum atomic E-state index is 11.9. The van der Waals surface area contributed by atoms with Crippen molar-refractivity contribution in [3.63, 3.8) is 0 Å². The lowest BCUT2D eigenvalue weighted by molar-refractivity contribution is -0.137. The molecule has 0 aliphatic carbocycles. The van der Waals surface area contributed by atoms with E-state index in [0.29, 0.717) is 0 Å². The maximum Gasteiger partial charge on any atom is 0.303 e. The number of aliphatic carboxylic acids is 1. The number of ether oxygens (including phenoxy) is 1. The van der Waals surface area contributed by atoms with E-state index in [4.69, 9.17) is 9.84 Å². The quantitative estimate of drug-likeness (QED) is 0.550. The van der Waals surface area contributed by atoms with E-state index in [0.717, 1.165) is 5.56 Å². The molecule has 0 heterocycles. The van der Waals surface area contributed by atoms with Crippen LogP contribution in [-0.2, 0) is 19.7 Å². The minimum Gasteiger partial charge on any atom is -0.481 e. The van der Waals surface area contributed by atoms with E-state index in [1.165, 1.54) is 7.11 Å². The van der Waals surface area contributed by atoms with E-state index in [1.54, 1.807) is 24.3 Å². The Kier molecular flexibility index (Phi) is 7.30. The minimum atomic E-state index is -3.72. The average Bonchev–Trinajstić information content (AvgIpc) is 2.44. The first-order valence-corrected chi connectivity index (χ1v) is 7.95. The summed E-state index contributed by atoms with van der Waals surface area (Å²) in [5.74, 6) is -0.970. The molecule has 1 unspecified atom stereocenters. The first-order chi connectivity index (χ1) is 9.94. The maximum absolute atomic E-state index is 11.9. The van der Waals surface area contributed by atoms with Gasteiger partial charge in [-0.05, 0) is 12.0 Å². The highest BCUT2D eigenvalue weighted by atomic mass is 32.2. The molecule has 0 radical (unpaired) electrons. The van der Waals surface area contributed by atoms with Crippen molar-refractivity contribution in [3.8, 4) is 0 Å². The molecule has 0 bridgehead atoms. The molecule has 7 nitrogen and oxygen atoms in total. The molecule has 0 aliphatic rings. The number of methoxy groups -OCH3 is 1. The fourth-order valence-corrected chi connectivity index (χ4v) is 2.82. The fourth-order valence-electron chi connectivity index (χ4n) is 1.75. The summed E-state index contributed by atoms with van der Waals surface area (Å²) in [5, 5.41) is 8.77. The summed E-state index contributed by atoms with van der Waals surface area (Å²) in [7, 11) is -2.25. The Hall–Kier alpha value is -1.48. The zero-order chi connectivity index (χ0) is 15.7. The fraction of sp³-hybridized carbons (Fsp3) is 0.462. The number of rotatable bonds is 10. The summed E-state index contributed by atoms with van der Waals surface area (Å²) in [6.45, 7) is 0.401. The molecule has 0 spiro atoms. The van der Waals surface area contributed by atoms with Crippen LogP contribution in [0.4, 0.5) is 0 Å². The van der Waals surface area contributed by atoms with Crippen molar-refractivity contribution in [1.29, 1.82) is 0 Å². The predicted molar refractivity (Wildman–Crippen MR) is 78.0 cm³/mol. The van der Waals surface area contributed by atoms with Crippen LogP contribution in [0.1, 0.15) is 24.4 Å². The van der Waals surface area contributed by atoms with Gasteiger partial charge in [0.15, 0.2) is 0 Å².